The van der Waals surface area contributed by atoms with Gasteiger partial charge < -0.3 is 10.4 Å². The van der Waals surface area contributed by atoms with Gasteiger partial charge in [-0.05, 0) is 43.4 Å². The van der Waals surface area contributed by atoms with Gasteiger partial charge in [-0.15, -0.1) is 0 Å². The van der Waals surface area contributed by atoms with Crippen LogP contribution in [0.3, 0.4) is 0 Å². The van der Waals surface area contributed by atoms with Crippen molar-refractivity contribution in [3.8, 4) is 0 Å². The summed E-state index contributed by atoms with van der Waals surface area (Å²) in [7, 11) is 0. The zero-order valence-electron chi connectivity index (χ0n) is 12.2. The van der Waals surface area contributed by atoms with E-state index in [1.807, 2.05) is 32.0 Å². The molecule has 0 aliphatic rings. The Balaban J connectivity index is 2.47. The fraction of sp³-hybridized carbons (Fsp3) is 0.562. The minimum Gasteiger partial charge on any atom is -0.393 e. The lowest BCUT2D eigenvalue weighted by molar-refractivity contribution is -0.125. The molecular formula is C16H24BrNO2. The second-order valence-corrected chi connectivity index (χ2v) is 6.00. The first-order valence-corrected chi connectivity index (χ1v) is 8.06. The smallest absolute Gasteiger partial charge is 0.223 e. The van der Waals surface area contributed by atoms with Crippen molar-refractivity contribution in [2.24, 2.45) is 5.92 Å². The van der Waals surface area contributed by atoms with Crippen LogP contribution >= 0.6 is 15.9 Å². The summed E-state index contributed by atoms with van der Waals surface area (Å²) in [5.41, 5.74) is 1.16. The molecule has 1 rings (SSSR count). The second kappa shape index (κ2) is 9.14. The molecule has 1 aromatic carbocycles. The number of carbonyl (C=O) groups is 1. The van der Waals surface area contributed by atoms with Gasteiger partial charge in [0, 0.05) is 16.9 Å². The lowest BCUT2D eigenvalue weighted by atomic mass is 9.96. The van der Waals surface area contributed by atoms with Crippen LogP contribution in [0.25, 0.3) is 0 Å². The van der Waals surface area contributed by atoms with E-state index < -0.39 is 0 Å². The molecule has 0 aliphatic carbocycles. The van der Waals surface area contributed by atoms with Crippen molar-refractivity contribution in [3.05, 3.63) is 34.3 Å². The Kier molecular flexibility index (Phi) is 7.85. The molecule has 0 saturated carbocycles. The molecule has 0 heterocycles. The lowest BCUT2D eigenvalue weighted by Crippen LogP contribution is -2.33. The number of hydrogen-bond acceptors (Lipinski definition) is 2. The summed E-state index contributed by atoms with van der Waals surface area (Å²) in [5.74, 6) is 0.0684. The van der Waals surface area contributed by atoms with Crippen LogP contribution in [0.1, 0.15) is 38.7 Å². The van der Waals surface area contributed by atoms with Crippen molar-refractivity contribution in [1.82, 2.24) is 5.32 Å². The molecule has 2 N–H and O–H groups in total. The van der Waals surface area contributed by atoms with Crippen LogP contribution in [0.2, 0.25) is 0 Å². The Hall–Kier alpha value is -0.870. The highest BCUT2D eigenvalue weighted by molar-refractivity contribution is 9.10. The monoisotopic (exact) mass is 341 g/mol. The first-order valence-electron chi connectivity index (χ1n) is 7.27. The number of aliphatic hydroxyl groups excluding tert-OH is 1. The summed E-state index contributed by atoms with van der Waals surface area (Å²) >= 11 is 3.45. The van der Waals surface area contributed by atoms with Gasteiger partial charge in [0.2, 0.25) is 5.91 Å². The van der Waals surface area contributed by atoms with Crippen molar-refractivity contribution in [2.45, 2.75) is 45.6 Å². The molecule has 3 nitrogen and oxygen atoms in total. The SMILES string of the molecule is CCC(O)CCNC(=O)C(CC)Cc1cccc(Br)c1. The highest BCUT2D eigenvalue weighted by atomic mass is 79.9. The van der Waals surface area contributed by atoms with Gasteiger partial charge in [0.05, 0.1) is 6.10 Å². The second-order valence-electron chi connectivity index (χ2n) is 5.08. The van der Waals surface area contributed by atoms with Gasteiger partial charge in [-0.3, -0.25) is 4.79 Å². The van der Waals surface area contributed by atoms with Crippen LogP contribution in [0.4, 0.5) is 0 Å². The van der Waals surface area contributed by atoms with Crippen molar-refractivity contribution < 1.29 is 9.90 Å². The largest absolute Gasteiger partial charge is 0.393 e. The van der Waals surface area contributed by atoms with E-state index in [0.29, 0.717) is 13.0 Å². The third-order valence-corrected chi connectivity index (χ3v) is 3.98. The van der Waals surface area contributed by atoms with E-state index in [4.69, 9.17) is 0 Å². The van der Waals surface area contributed by atoms with E-state index in [1.165, 1.54) is 0 Å². The minimum atomic E-state index is -0.319. The summed E-state index contributed by atoms with van der Waals surface area (Å²) in [6.07, 6.45) is 2.59. The van der Waals surface area contributed by atoms with E-state index in [0.717, 1.165) is 29.3 Å². The molecule has 20 heavy (non-hydrogen) atoms. The quantitative estimate of drug-likeness (QED) is 0.762. The van der Waals surface area contributed by atoms with Crippen LogP contribution < -0.4 is 5.32 Å². The predicted molar refractivity (Wildman–Crippen MR) is 85.6 cm³/mol. The molecule has 0 radical (unpaired) electrons. The standard InChI is InChI=1S/C16H24BrNO2/c1-3-13(10-12-6-5-7-14(17)11-12)16(20)18-9-8-15(19)4-2/h5-7,11,13,15,19H,3-4,8-10H2,1-2H3,(H,18,20). The Morgan fingerprint density at radius 3 is 2.70 bits per heavy atom. The summed E-state index contributed by atoms with van der Waals surface area (Å²) in [4.78, 5) is 12.1. The van der Waals surface area contributed by atoms with Crippen molar-refractivity contribution in [1.29, 1.82) is 0 Å². The van der Waals surface area contributed by atoms with Gasteiger partial charge in [-0.25, -0.2) is 0 Å². The minimum absolute atomic E-state index is 0.0110. The van der Waals surface area contributed by atoms with Gasteiger partial charge in [0.1, 0.15) is 0 Å². The van der Waals surface area contributed by atoms with Crippen molar-refractivity contribution in [3.63, 3.8) is 0 Å². The molecule has 112 valence electrons. The van der Waals surface area contributed by atoms with E-state index in [9.17, 15) is 9.90 Å². The fourth-order valence-electron chi connectivity index (χ4n) is 2.08. The zero-order valence-corrected chi connectivity index (χ0v) is 13.8. The molecule has 4 heteroatoms. The van der Waals surface area contributed by atoms with Crippen LogP contribution in [0.5, 0.6) is 0 Å². The molecule has 0 fully saturated rings. The molecule has 0 aliphatic heterocycles. The van der Waals surface area contributed by atoms with E-state index >= 15 is 0 Å². The maximum absolute atomic E-state index is 12.1. The highest BCUT2D eigenvalue weighted by Crippen LogP contribution is 2.17. The first-order chi connectivity index (χ1) is 9.56. The third kappa shape index (κ3) is 6.06. The Bertz CT molecular complexity index is 423. The molecule has 0 bridgehead atoms. The summed E-state index contributed by atoms with van der Waals surface area (Å²) in [5, 5.41) is 12.4. The molecule has 0 saturated heterocycles. The molecular weight excluding hydrogens is 318 g/mol. The number of aliphatic hydroxyl groups is 1. The van der Waals surface area contributed by atoms with Crippen LogP contribution in [0.15, 0.2) is 28.7 Å². The zero-order chi connectivity index (χ0) is 15.0. The molecule has 0 spiro atoms. The number of halogens is 1. The molecule has 1 aromatic rings. The topological polar surface area (TPSA) is 49.3 Å². The number of amides is 1. The van der Waals surface area contributed by atoms with Crippen molar-refractivity contribution >= 4 is 21.8 Å². The Morgan fingerprint density at radius 2 is 2.10 bits per heavy atom. The average molecular weight is 342 g/mol. The number of carbonyl (C=O) groups excluding carboxylic acids is 1. The van der Waals surface area contributed by atoms with Gasteiger partial charge in [-0.1, -0.05) is 41.9 Å². The third-order valence-electron chi connectivity index (χ3n) is 3.48. The summed E-state index contributed by atoms with van der Waals surface area (Å²) in [6.45, 7) is 4.51. The lowest BCUT2D eigenvalue weighted by Gasteiger charge is -2.16. The molecule has 1 amide bonds. The summed E-state index contributed by atoms with van der Waals surface area (Å²) in [6, 6.07) is 8.07. The van der Waals surface area contributed by atoms with Crippen molar-refractivity contribution in [2.75, 3.05) is 6.54 Å². The van der Waals surface area contributed by atoms with Crippen LogP contribution in [-0.2, 0) is 11.2 Å². The van der Waals surface area contributed by atoms with Gasteiger partial charge in [0.15, 0.2) is 0 Å². The fourth-order valence-corrected chi connectivity index (χ4v) is 2.53. The number of rotatable bonds is 8. The molecule has 2 atom stereocenters. The van der Waals surface area contributed by atoms with Gasteiger partial charge >= 0.3 is 0 Å². The highest BCUT2D eigenvalue weighted by Gasteiger charge is 2.17. The van der Waals surface area contributed by atoms with Crippen LogP contribution in [0, 0.1) is 5.92 Å². The Labute approximate surface area is 129 Å². The molecule has 0 aromatic heterocycles. The first kappa shape index (κ1) is 17.2. The maximum atomic E-state index is 12.1. The average Bonchev–Trinajstić information content (AvgIpc) is 2.44. The Morgan fingerprint density at radius 1 is 1.35 bits per heavy atom. The number of hydrogen-bond donors (Lipinski definition) is 2. The van der Waals surface area contributed by atoms with E-state index in [-0.39, 0.29) is 17.9 Å². The van der Waals surface area contributed by atoms with E-state index in [2.05, 4.69) is 27.3 Å². The number of benzene rings is 1. The normalized spacial score (nSPS) is 13.8. The van der Waals surface area contributed by atoms with E-state index in [1.54, 1.807) is 0 Å². The molecule has 2 unspecified atom stereocenters. The summed E-state index contributed by atoms with van der Waals surface area (Å²) < 4.78 is 1.04. The maximum Gasteiger partial charge on any atom is 0.223 e. The predicted octanol–water partition coefficient (Wildman–Crippen LogP) is 3.30. The number of nitrogens with one attached hydrogen (secondary N) is 1. The van der Waals surface area contributed by atoms with Crippen LogP contribution in [-0.4, -0.2) is 23.7 Å². The van der Waals surface area contributed by atoms with Gasteiger partial charge in [0.25, 0.3) is 0 Å². The van der Waals surface area contributed by atoms with Gasteiger partial charge in [-0.2, -0.15) is 0 Å².